The molecule has 0 saturated carbocycles. The third-order valence-electron chi connectivity index (χ3n) is 1.92. The summed E-state index contributed by atoms with van der Waals surface area (Å²) >= 11 is 8.97. The maximum atomic E-state index is 13.4. The monoisotopic (exact) mass is 300 g/mol. The maximum absolute atomic E-state index is 13.4. The molecule has 0 radical (unpaired) electrons. The van der Waals surface area contributed by atoms with Crippen molar-refractivity contribution in [3.8, 4) is 0 Å². The highest BCUT2D eigenvalue weighted by Crippen LogP contribution is 2.23. The highest BCUT2D eigenvalue weighted by Gasteiger charge is 2.03. The van der Waals surface area contributed by atoms with Crippen LogP contribution in [0.2, 0.25) is 5.02 Å². The largest absolute Gasteiger partial charge is 0.338 e. The summed E-state index contributed by atoms with van der Waals surface area (Å²) in [6, 6.07) is 8.03. The third-order valence-corrected chi connectivity index (χ3v) is 2.64. The number of pyridine rings is 1. The molecule has 16 heavy (non-hydrogen) atoms. The normalized spacial score (nSPS) is 10.2. The fourth-order valence-electron chi connectivity index (χ4n) is 1.18. The Hall–Kier alpha value is -1.13. The molecule has 82 valence electrons. The SMILES string of the molecule is Fc1ccc(Br)cc1Nc1ccc(Cl)cn1. The van der Waals surface area contributed by atoms with Gasteiger partial charge in [-0.15, -0.1) is 0 Å². The summed E-state index contributed by atoms with van der Waals surface area (Å²) in [6.45, 7) is 0. The first kappa shape index (κ1) is 11.4. The predicted molar refractivity (Wildman–Crippen MR) is 66.6 cm³/mol. The molecule has 0 atom stereocenters. The van der Waals surface area contributed by atoms with Crippen molar-refractivity contribution in [2.75, 3.05) is 5.32 Å². The molecule has 0 saturated heterocycles. The fraction of sp³-hybridized carbons (Fsp3) is 0. The molecule has 0 aliphatic heterocycles. The number of anilines is 2. The summed E-state index contributed by atoms with van der Waals surface area (Å²) in [6.07, 6.45) is 1.50. The van der Waals surface area contributed by atoms with Crippen molar-refractivity contribution in [1.29, 1.82) is 0 Å². The van der Waals surface area contributed by atoms with Crippen LogP contribution < -0.4 is 5.32 Å². The first-order valence-electron chi connectivity index (χ1n) is 4.49. The summed E-state index contributed by atoms with van der Waals surface area (Å²) in [5, 5.41) is 3.41. The van der Waals surface area contributed by atoms with E-state index in [0.717, 1.165) is 4.47 Å². The zero-order valence-electron chi connectivity index (χ0n) is 8.05. The van der Waals surface area contributed by atoms with Gasteiger partial charge in [0.15, 0.2) is 0 Å². The van der Waals surface area contributed by atoms with E-state index >= 15 is 0 Å². The van der Waals surface area contributed by atoms with Gasteiger partial charge in [-0.05, 0) is 30.3 Å². The van der Waals surface area contributed by atoms with E-state index in [-0.39, 0.29) is 5.82 Å². The summed E-state index contributed by atoms with van der Waals surface area (Å²) < 4.78 is 14.2. The molecular weight excluding hydrogens is 294 g/mol. The molecule has 0 amide bonds. The molecule has 2 aromatic rings. The number of nitrogens with zero attached hydrogens (tertiary/aromatic N) is 1. The Morgan fingerprint density at radius 2 is 2.06 bits per heavy atom. The van der Waals surface area contributed by atoms with E-state index in [0.29, 0.717) is 16.5 Å². The van der Waals surface area contributed by atoms with Crippen LogP contribution in [0.4, 0.5) is 15.9 Å². The smallest absolute Gasteiger partial charge is 0.146 e. The van der Waals surface area contributed by atoms with Crippen molar-refractivity contribution in [3.63, 3.8) is 0 Å². The Morgan fingerprint density at radius 1 is 1.25 bits per heavy atom. The maximum Gasteiger partial charge on any atom is 0.146 e. The highest BCUT2D eigenvalue weighted by atomic mass is 79.9. The molecule has 2 nitrogen and oxygen atoms in total. The number of hydrogen-bond donors (Lipinski definition) is 1. The van der Waals surface area contributed by atoms with Crippen LogP contribution in [-0.2, 0) is 0 Å². The van der Waals surface area contributed by atoms with Crippen LogP contribution in [0.15, 0.2) is 41.0 Å². The summed E-state index contributed by atoms with van der Waals surface area (Å²) in [4.78, 5) is 4.02. The van der Waals surface area contributed by atoms with Crippen molar-refractivity contribution in [2.24, 2.45) is 0 Å². The lowest BCUT2D eigenvalue weighted by Gasteiger charge is -2.06. The van der Waals surface area contributed by atoms with Gasteiger partial charge in [0.1, 0.15) is 11.6 Å². The first-order chi connectivity index (χ1) is 7.65. The molecule has 0 fully saturated rings. The van der Waals surface area contributed by atoms with Crippen molar-refractivity contribution >= 4 is 39.0 Å². The van der Waals surface area contributed by atoms with Crippen LogP contribution >= 0.6 is 27.5 Å². The number of rotatable bonds is 2. The van der Waals surface area contributed by atoms with Gasteiger partial charge in [0.05, 0.1) is 10.7 Å². The second-order valence-electron chi connectivity index (χ2n) is 3.11. The van der Waals surface area contributed by atoms with E-state index in [1.165, 1.54) is 12.3 Å². The topological polar surface area (TPSA) is 24.9 Å². The van der Waals surface area contributed by atoms with Gasteiger partial charge < -0.3 is 5.32 Å². The summed E-state index contributed by atoms with van der Waals surface area (Å²) in [5.41, 5.74) is 0.365. The molecule has 0 unspecified atom stereocenters. The third kappa shape index (κ3) is 2.71. The number of hydrogen-bond acceptors (Lipinski definition) is 2. The quantitative estimate of drug-likeness (QED) is 0.890. The average Bonchev–Trinajstić information content (AvgIpc) is 2.27. The fourth-order valence-corrected chi connectivity index (χ4v) is 1.65. The molecule has 0 aliphatic carbocycles. The Kier molecular flexibility index (Phi) is 3.41. The van der Waals surface area contributed by atoms with Crippen molar-refractivity contribution in [3.05, 3.63) is 51.8 Å². The summed E-state index contributed by atoms with van der Waals surface area (Å²) in [7, 11) is 0. The van der Waals surface area contributed by atoms with Gasteiger partial charge in [0.2, 0.25) is 0 Å². The van der Waals surface area contributed by atoms with Gasteiger partial charge in [0.25, 0.3) is 0 Å². The Labute approximate surface area is 106 Å². The van der Waals surface area contributed by atoms with Crippen molar-refractivity contribution in [2.45, 2.75) is 0 Å². The van der Waals surface area contributed by atoms with Gasteiger partial charge in [0, 0.05) is 10.7 Å². The number of benzene rings is 1. The Bertz CT molecular complexity index is 502. The second-order valence-corrected chi connectivity index (χ2v) is 4.46. The lowest BCUT2D eigenvalue weighted by molar-refractivity contribution is 0.631. The van der Waals surface area contributed by atoms with Gasteiger partial charge in [-0.1, -0.05) is 27.5 Å². The number of halogens is 3. The van der Waals surface area contributed by atoms with Crippen molar-refractivity contribution < 1.29 is 4.39 Å². The van der Waals surface area contributed by atoms with Crippen LogP contribution in [0.1, 0.15) is 0 Å². The van der Waals surface area contributed by atoms with Gasteiger partial charge in [-0.3, -0.25) is 0 Å². The molecule has 0 bridgehead atoms. The van der Waals surface area contributed by atoms with E-state index in [2.05, 4.69) is 26.2 Å². The summed E-state index contributed by atoms with van der Waals surface area (Å²) in [5.74, 6) is 0.210. The molecular formula is C11H7BrClFN2. The first-order valence-corrected chi connectivity index (χ1v) is 5.66. The van der Waals surface area contributed by atoms with E-state index in [1.54, 1.807) is 24.3 Å². The molecule has 1 aromatic heterocycles. The molecule has 2 rings (SSSR count). The molecule has 0 aliphatic rings. The van der Waals surface area contributed by atoms with Gasteiger partial charge >= 0.3 is 0 Å². The minimum absolute atomic E-state index is 0.333. The zero-order chi connectivity index (χ0) is 11.5. The van der Waals surface area contributed by atoms with Crippen LogP contribution in [0.25, 0.3) is 0 Å². The van der Waals surface area contributed by atoms with Crippen molar-refractivity contribution in [1.82, 2.24) is 4.98 Å². The molecule has 1 aromatic carbocycles. The minimum atomic E-state index is -0.333. The van der Waals surface area contributed by atoms with Gasteiger partial charge in [-0.2, -0.15) is 0 Å². The van der Waals surface area contributed by atoms with Crippen LogP contribution in [-0.4, -0.2) is 4.98 Å². The van der Waals surface area contributed by atoms with E-state index in [1.807, 2.05) is 0 Å². The predicted octanol–water partition coefficient (Wildman–Crippen LogP) is 4.38. The molecule has 1 heterocycles. The van der Waals surface area contributed by atoms with E-state index in [9.17, 15) is 4.39 Å². The lowest BCUT2D eigenvalue weighted by Crippen LogP contribution is -1.95. The van der Waals surface area contributed by atoms with Crippen LogP contribution in [0, 0.1) is 5.82 Å². The standard InChI is InChI=1S/C11H7BrClFN2/c12-7-1-3-9(14)10(5-7)16-11-4-2-8(13)6-15-11/h1-6H,(H,15,16). The Morgan fingerprint density at radius 3 is 2.75 bits per heavy atom. The highest BCUT2D eigenvalue weighted by molar-refractivity contribution is 9.10. The second kappa shape index (κ2) is 4.80. The van der Waals surface area contributed by atoms with E-state index < -0.39 is 0 Å². The molecule has 5 heteroatoms. The number of aromatic nitrogens is 1. The van der Waals surface area contributed by atoms with Crippen LogP contribution in [0.3, 0.4) is 0 Å². The molecule has 0 spiro atoms. The van der Waals surface area contributed by atoms with Gasteiger partial charge in [-0.25, -0.2) is 9.37 Å². The van der Waals surface area contributed by atoms with Crippen LogP contribution in [0.5, 0.6) is 0 Å². The Balaban J connectivity index is 2.26. The lowest BCUT2D eigenvalue weighted by atomic mass is 10.3. The average molecular weight is 302 g/mol. The molecule has 1 N–H and O–H groups in total. The minimum Gasteiger partial charge on any atom is -0.338 e. The number of nitrogens with one attached hydrogen (secondary N) is 1. The zero-order valence-corrected chi connectivity index (χ0v) is 10.4. The van der Waals surface area contributed by atoms with E-state index in [4.69, 9.17) is 11.6 Å².